The molecule has 0 saturated heterocycles. The summed E-state index contributed by atoms with van der Waals surface area (Å²) >= 11 is 2.92. The molecule has 3 rings (SSSR count). The second-order valence-electron chi connectivity index (χ2n) is 3.93. The second-order valence-corrected chi connectivity index (χ2v) is 7.28. The topological polar surface area (TPSA) is 85.9 Å². The normalized spacial score (nSPS) is 11.7. The zero-order valence-corrected chi connectivity index (χ0v) is 12.5. The van der Waals surface area contributed by atoms with Gasteiger partial charge in [0, 0.05) is 34.3 Å². The van der Waals surface area contributed by atoms with Crippen molar-refractivity contribution in [2.24, 2.45) is 5.14 Å². The first-order valence-corrected chi connectivity index (χ1v) is 8.83. The summed E-state index contributed by atoms with van der Waals surface area (Å²) in [6, 6.07) is 4.75. The number of hydrogen-bond donors (Lipinski definition) is 1. The molecular weight excluding hydrogens is 314 g/mol. The molecular formula is C12H9N3O2S3. The number of nitrogens with zero attached hydrogens (tertiary/aromatic N) is 2. The van der Waals surface area contributed by atoms with Gasteiger partial charge < -0.3 is 0 Å². The molecule has 102 valence electrons. The van der Waals surface area contributed by atoms with E-state index in [9.17, 15) is 8.42 Å². The molecule has 0 aliphatic rings. The molecule has 0 aliphatic heterocycles. The smallest absolute Gasteiger partial charge is 0.238 e. The minimum atomic E-state index is -3.74. The van der Waals surface area contributed by atoms with Gasteiger partial charge in [-0.1, -0.05) is 0 Å². The van der Waals surface area contributed by atoms with Crippen molar-refractivity contribution in [2.75, 3.05) is 0 Å². The molecule has 0 unspecified atom stereocenters. The predicted molar refractivity (Wildman–Crippen MR) is 80.0 cm³/mol. The summed E-state index contributed by atoms with van der Waals surface area (Å²) in [7, 11) is -3.74. The number of benzene rings is 1. The van der Waals surface area contributed by atoms with Gasteiger partial charge in [0.15, 0.2) is 0 Å². The van der Waals surface area contributed by atoms with E-state index in [-0.39, 0.29) is 4.90 Å². The Bertz CT molecular complexity index is 825. The van der Waals surface area contributed by atoms with Crippen molar-refractivity contribution in [3.8, 4) is 21.1 Å². The third kappa shape index (κ3) is 2.50. The Kier molecular flexibility index (Phi) is 3.38. The highest BCUT2D eigenvalue weighted by atomic mass is 32.2. The molecule has 0 fully saturated rings. The van der Waals surface area contributed by atoms with Crippen LogP contribution in [0.25, 0.3) is 21.1 Å². The van der Waals surface area contributed by atoms with E-state index in [2.05, 4.69) is 9.97 Å². The van der Waals surface area contributed by atoms with Crippen LogP contribution in [-0.4, -0.2) is 18.4 Å². The van der Waals surface area contributed by atoms with Gasteiger partial charge in [-0.2, -0.15) is 0 Å². The molecule has 0 atom stereocenters. The fourth-order valence-electron chi connectivity index (χ4n) is 1.78. The summed E-state index contributed by atoms with van der Waals surface area (Å²) in [6.45, 7) is 0. The monoisotopic (exact) mass is 323 g/mol. The van der Waals surface area contributed by atoms with E-state index in [1.54, 1.807) is 24.5 Å². The van der Waals surface area contributed by atoms with Gasteiger partial charge in [-0.05, 0) is 18.2 Å². The average Bonchev–Trinajstić information content (AvgIpc) is 3.10. The average molecular weight is 323 g/mol. The lowest BCUT2D eigenvalue weighted by Gasteiger charge is -2.07. The van der Waals surface area contributed by atoms with E-state index in [1.807, 2.05) is 10.8 Å². The molecule has 0 amide bonds. The molecule has 0 saturated carbocycles. The van der Waals surface area contributed by atoms with E-state index in [0.29, 0.717) is 0 Å². The maximum atomic E-state index is 11.5. The van der Waals surface area contributed by atoms with Crippen LogP contribution in [0.3, 0.4) is 0 Å². The van der Waals surface area contributed by atoms with Crippen LogP contribution in [0.5, 0.6) is 0 Å². The van der Waals surface area contributed by atoms with Gasteiger partial charge in [0.1, 0.15) is 10.0 Å². The van der Waals surface area contributed by atoms with Crippen LogP contribution in [0.4, 0.5) is 0 Å². The number of hydrogen-bond acceptors (Lipinski definition) is 6. The summed E-state index contributed by atoms with van der Waals surface area (Å²) < 4.78 is 23.0. The Labute approximate surface area is 123 Å². The van der Waals surface area contributed by atoms with Crippen LogP contribution in [0, 0.1) is 0 Å². The number of aromatic nitrogens is 2. The molecule has 20 heavy (non-hydrogen) atoms. The first kappa shape index (κ1) is 13.4. The summed E-state index contributed by atoms with van der Waals surface area (Å²) in [5.41, 5.74) is 1.57. The molecule has 1 aromatic carbocycles. The van der Waals surface area contributed by atoms with E-state index in [0.717, 1.165) is 21.1 Å². The predicted octanol–water partition coefficient (Wildman–Crippen LogP) is 2.58. The highest BCUT2D eigenvalue weighted by Gasteiger charge is 2.16. The van der Waals surface area contributed by atoms with E-state index >= 15 is 0 Å². The first-order valence-electron chi connectivity index (χ1n) is 5.52. The molecule has 8 heteroatoms. The van der Waals surface area contributed by atoms with E-state index in [4.69, 9.17) is 5.14 Å². The van der Waals surface area contributed by atoms with Crippen molar-refractivity contribution in [1.29, 1.82) is 0 Å². The largest absolute Gasteiger partial charge is 0.245 e. The lowest BCUT2D eigenvalue weighted by molar-refractivity contribution is 0.598. The van der Waals surface area contributed by atoms with Gasteiger partial charge in [0.2, 0.25) is 10.0 Å². The molecule has 2 aromatic heterocycles. The summed E-state index contributed by atoms with van der Waals surface area (Å²) in [5, 5.41) is 10.5. The fraction of sp³-hybridized carbons (Fsp3) is 0. The van der Waals surface area contributed by atoms with E-state index in [1.165, 1.54) is 28.7 Å². The van der Waals surface area contributed by atoms with Gasteiger partial charge in [0.25, 0.3) is 0 Å². The zero-order chi connectivity index (χ0) is 14.2. The number of thiazole rings is 2. The van der Waals surface area contributed by atoms with Crippen LogP contribution in [0.15, 0.2) is 46.2 Å². The van der Waals surface area contributed by atoms with Crippen molar-refractivity contribution in [3.05, 3.63) is 41.4 Å². The number of sulfonamides is 1. The van der Waals surface area contributed by atoms with Gasteiger partial charge in [-0.25, -0.2) is 23.5 Å². The Balaban J connectivity index is 2.26. The Morgan fingerprint density at radius 1 is 0.950 bits per heavy atom. The molecule has 2 heterocycles. The molecule has 0 spiro atoms. The van der Waals surface area contributed by atoms with Gasteiger partial charge in [-0.15, -0.1) is 22.7 Å². The third-order valence-electron chi connectivity index (χ3n) is 2.65. The third-order valence-corrected chi connectivity index (χ3v) is 5.17. The van der Waals surface area contributed by atoms with Crippen LogP contribution < -0.4 is 5.14 Å². The minimum absolute atomic E-state index is 0.0722. The zero-order valence-electron chi connectivity index (χ0n) is 10.1. The first-order chi connectivity index (χ1) is 9.55. The minimum Gasteiger partial charge on any atom is -0.245 e. The van der Waals surface area contributed by atoms with Crippen molar-refractivity contribution in [3.63, 3.8) is 0 Å². The van der Waals surface area contributed by atoms with Crippen LogP contribution >= 0.6 is 22.7 Å². The van der Waals surface area contributed by atoms with Crippen molar-refractivity contribution >= 4 is 32.7 Å². The van der Waals surface area contributed by atoms with Gasteiger partial charge in [0.05, 0.1) is 4.90 Å². The summed E-state index contributed by atoms with van der Waals surface area (Å²) in [4.78, 5) is 8.58. The van der Waals surface area contributed by atoms with Crippen LogP contribution in [0.1, 0.15) is 0 Å². The standard InChI is InChI=1S/C12H9N3O2S3/c13-20(16,17)8-1-2-9(11-14-3-5-18-11)10(7-8)12-15-4-6-19-12/h1-7H,(H2,13,16,17). The van der Waals surface area contributed by atoms with Crippen LogP contribution in [-0.2, 0) is 10.0 Å². The van der Waals surface area contributed by atoms with Gasteiger partial charge >= 0.3 is 0 Å². The maximum absolute atomic E-state index is 11.5. The van der Waals surface area contributed by atoms with Crippen molar-refractivity contribution < 1.29 is 8.42 Å². The fourth-order valence-corrected chi connectivity index (χ4v) is 3.66. The Morgan fingerprint density at radius 2 is 1.55 bits per heavy atom. The molecule has 0 bridgehead atoms. The second kappa shape index (κ2) is 5.06. The SMILES string of the molecule is NS(=O)(=O)c1ccc(-c2nccs2)c(-c2nccs2)c1. The van der Waals surface area contributed by atoms with E-state index < -0.39 is 10.0 Å². The Hall–Kier alpha value is -1.61. The van der Waals surface area contributed by atoms with Crippen LogP contribution in [0.2, 0.25) is 0 Å². The molecule has 0 radical (unpaired) electrons. The van der Waals surface area contributed by atoms with Gasteiger partial charge in [-0.3, -0.25) is 0 Å². The van der Waals surface area contributed by atoms with Crippen molar-refractivity contribution in [2.45, 2.75) is 4.90 Å². The Morgan fingerprint density at radius 3 is 2.05 bits per heavy atom. The number of primary sulfonamides is 1. The molecule has 5 nitrogen and oxygen atoms in total. The lowest BCUT2D eigenvalue weighted by Crippen LogP contribution is -2.12. The lowest BCUT2D eigenvalue weighted by atomic mass is 10.1. The quantitative estimate of drug-likeness (QED) is 0.802. The summed E-state index contributed by atoms with van der Waals surface area (Å²) in [6.07, 6.45) is 3.38. The molecule has 3 aromatic rings. The number of rotatable bonds is 3. The highest BCUT2D eigenvalue weighted by molar-refractivity contribution is 7.89. The highest BCUT2D eigenvalue weighted by Crippen LogP contribution is 2.35. The van der Waals surface area contributed by atoms with Crippen molar-refractivity contribution in [1.82, 2.24) is 9.97 Å². The molecule has 0 aliphatic carbocycles. The maximum Gasteiger partial charge on any atom is 0.238 e. The molecule has 2 N–H and O–H groups in total. The summed E-state index contributed by atoms with van der Waals surface area (Å²) in [5.74, 6) is 0. The number of nitrogens with two attached hydrogens (primary N) is 1.